The molecule has 0 aromatic carbocycles. The van der Waals surface area contributed by atoms with Crippen LogP contribution in [0.4, 0.5) is 0 Å². The first kappa shape index (κ1) is 105. The Balaban J connectivity index is -0.000000234. The summed E-state index contributed by atoms with van der Waals surface area (Å²) in [5.41, 5.74) is 0. The molecule has 7 unspecified atom stereocenters. The number of hydrogen-bond acceptors (Lipinski definition) is 10. The molecule has 7 atom stereocenters. The molecule has 0 aromatic rings. The van der Waals surface area contributed by atoms with Crippen LogP contribution in [0, 0.1) is 85.5 Å². The van der Waals surface area contributed by atoms with Crippen molar-refractivity contribution in [3.05, 3.63) is 105 Å². The van der Waals surface area contributed by atoms with Gasteiger partial charge in [0.15, 0.2) is 0 Å². The van der Waals surface area contributed by atoms with Crippen LogP contribution in [-0.4, -0.2) is 81.0 Å². The van der Waals surface area contributed by atoms with Crippen molar-refractivity contribution < 1.29 is 115 Å². The van der Waals surface area contributed by atoms with E-state index < -0.39 is 35.7 Å². The van der Waals surface area contributed by atoms with Gasteiger partial charge in [-0.05, 0) is 101 Å². The molecular formula is C80H137O13OsU. The van der Waals surface area contributed by atoms with Crippen LogP contribution in [-0.2, 0) is 58.1 Å². The van der Waals surface area contributed by atoms with Crippen molar-refractivity contribution in [2.45, 2.75) is 312 Å². The van der Waals surface area contributed by atoms with Gasteiger partial charge in [-0.25, -0.2) is 0 Å². The molecule has 0 spiro atoms. The van der Waals surface area contributed by atoms with E-state index >= 15 is 0 Å². The Morgan fingerprint density at radius 2 is 0.989 bits per heavy atom. The maximum absolute atomic E-state index is 11.8. The number of allylic oxidation sites excluding steroid dienone is 14. The maximum Gasteiger partial charge on any atom is 2.00 e. The van der Waals surface area contributed by atoms with Gasteiger partial charge in [0, 0.05) is 44.6 Å². The van der Waals surface area contributed by atoms with E-state index in [0.717, 1.165) is 148 Å². The van der Waals surface area contributed by atoms with Gasteiger partial charge in [-0.1, -0.05) is 257 Å². The third-order valence-electron chi connectivity index (χ3n) is 15.9. The van der Waals surface area contributed by atoms with Gasteiger partial charge in [-0.15, -0.1) is 12.8 Å². The van der Waals surface area contributed by atoms with Gasteiger partial charge in [0.1, 0.15) is 12.1 Å². The van der Waals surface area contributed by atoms with E-state index in [9.17, 15) is 54.0 Å². The largest absolute Gasteiger partial charge is 2.00 e. The fraction of sp³-hybridized carbons (Fsp3) is 0.700. The summed E-state index contributed by atoms with van der Waals surface area (Å²) in [5.74, 6) is -4.66. The first-order valence-corrected chi connectivity index (χ1v) is 36.2. The molecular weight excluding hydrogens is 1600 g/mol. The quantitative estimate of drug-likeness (QED) is 0.00727. The van der Waals surface area contributed by atoms with Crippen LogP contribution < -0.4 is 0 Å². The number of aliphatic hydroxyl groups excluding tert-OH is 2. The van der Waals surface area contributed by atoms with Crippen molar-refractivity contribution in [3.8, 4) is 0 Å². The monoisotopic (exact) mass is 1740 g/mol. The fourth-order valence-corrected chi connectivity index (χ4v) is 10.2. The predicted octanol–water partition coefficient (Wildman–Crippen LogP) is 21.5. The van der Waals surface area contributed by atoms with Crippen LogP contribution in [0.25, 0.3) is 0 Å². The molecule has 0 fully saturated rings. The van der Waals surface area contributed by atoms with E-state index in [-0.39, 0.29) is 112 Å². The Hall–Kier alpha value is -3.74. The smallest absolute Gasteiger partial charge is 0.542 e. The van der Waals surface area contributed by atoms with Crippen LogP contribution >= 0.6 is 0 Å². The van der Waals surface area contributed by atoms with Crippen molar-refractivity contribution in [1.29, 1.82) is 0 Å². The van der Waals surface area contributed by atoms with Crippen molar-refractivity contribution >= 4 is 42.2 Å². The van der Waals surface area contributed by atoms with E-state index in [1.807, 2.05) is 70.2 Å². The Morgan fingerprint density at radius 3 is 1.47 bits per heavy atom. The summed E-state index contributed by atoms with van der Waals surface area (Å²) in [5, 5.41) is 44.6. The van der Waals surface area contributed by atoms with Crippen LogP contribution in [0.3, 0.4) is 0 Å². The normalized spacial score (nSPS) is 13.3. The third kappa shape index (κ3) is 72.8. The zero-order valence-electron chi connectivity index (χ0n) is 61.2. The van der Waals surface area contributed by atoms with E-state index in [0.29, 0.717) is 31.5 Å². The number of unbranched alkanes of at least 4 members (excludes halogenated alkanes) is 22. The van der Waals surface area contributed by atoms with Gasteiger partial charge in [-0.3, -0.25) is 36.8 Å². The number of carbonyl (C=O) groups is 6. The summed E-state index contributed by atoms with van der Waals surface area (Å²) in [6.45, 7) is 27.2. The van der Waals surface area contributed by atoms with Crippen molar-refractivity contribution in [1.82, 2.24) is 0 Å². The molecule has 0 aliphatic rings. The summed E-state index contributed by atoms with van der Waals surface area (Å²) in [4.78, 5) is 79.5. The molecule has 0 amide bonds. The van der Waals surface area contributed by atoms with E-state index in [1.165, 1.54) is 70.6 Å². The van der Waals surface area contributed by atoms with Crippen molar-refractivity contribution in [3.63, 3.8) is 0 Å². The minimum absolute atomic E-state index is 0. The second-order valence-electron chi connectivity index (χ2n) is 24.5. The molecule has 0 bridgehead atoms. The van der Waals surface area contributed by atoms with Gasteiger partial charge in [0.2, 0.25) is 0 Å². The Kier molecular flexibility index (Phi) is 91.1. The summed E-state index contributed by atoms with van der Waals surface area (Å²) in [6, 6.07) is 0. The molecule has 0 rings (SSSR count). The summed E-state index contributed by atoms with van der Waals surface area (Å²) in [7, 11) is 1.00. The number of aliphatic hydroxyl groups is 2. The average molecular weight is 1740 g/mol. The molecule has 0 aromatic heterocycles. The molecule has 0 saturated carbocycles. The summed E-state index contributed by atoms with van der Waals surface area (Å²) < 4.78 is 5.36. The van der Waals surface area contributed by atoms with Gasteiger partial charge in [0.25, 0.3) is 0 Å². The van der Waals surface area contributed by atoms with Gasteiger partial charge < -0.3 is 52.9 Å². The van der Waals surface area contributed by atoms with Crippen molar-refractivity contribution in [2.75, 3.05) is 7.11 Å². The molecule has 547 valence electrons. The number of carboxylic acids is 3. The fourth-order valence-electron chi connectivity index (χ4n) is 10.2. The Labute approximate surface area is 617 Å². The minimum atomic E-state index is -0.918. The van der Waals surface area contributed by atoms with Crippen LogP contribution in [0.1, 0.15) is 306 Å². The number of aldehydes is 1. The zero-order chi connectivity index (χ0) is 71.0. The van der Waals surface area contributed by atoms with Crippen LogP contribution in [0.2, 0.25) is 0 Å². The SMILES string of the molecule is C=[C-]CCCCCCC/C=C\C/C=C\C=C\C(CC)C(CC(=C)O)C(=O)O.CCC.CCCCCC(/C=C/C=C\CCCCCCCC(=O)C(C)C)C(C[C-]=O)C(=O)O.CO.[CH2-]CC(CC)OC(=O)CCCCCC/C=C/C(CCCCCCCC)C(CC=O)C(=O)O.[Os+].[U+2]. The summed E-state index contributed by atoms with van der Waals surface area (Å²) >= 11 is 0. The topological polar surface area (TPSA) is 230 Å². The number of hydrogen-bond donors (Lipinski definition) is 5. The number of Topliss-reactive ketones (excluding diaryl/α,β-unsaturated/α-hetero) is 1. The molecule has 0 saturated heterocycles. The average Bonchev–Trinajstić information content (AvgIpc) is 2.42. The number of rotatable bonds is 58. The molecule has 0 aliphatic heterocycles. The third-order valence-corrected chi connectivity index (χ3v) is 15.9. The van der Waals surface area contributed by atoms with Crippen LogP contribution in [0.15, 0.2) is 91.8 Å². The molecule has 5 N–H and O–H groups in total. The van der Waals surface area contributed by atoms with Gasteiger partial charge in [-0.2, -0.15) is 6.42 Å². The molecule has 0 aliphatic carbocycles. The van der Waals surface area contributed by atoms with Gasteiger partial charge >= 0.3 is 74.8 Å². The minimum Gasteiger partial charge on any atom is -0.542 e. The second-order valence-corrected chi connectivity index (χ2v) is 24.5. The molecule has 13 nitrogen and oxygen atoms in total. The Morgan fingerprint density at radius 1 is 0.537 bits per heavy atom. The number of carbonyl (C=O) groups excluding carboxylic acids is 4. The number of carboxylic acid groups (broad SMARTS) is 3. The molecule has 0 heterocycles. The zero-order valence-corrected chi connectivity index (χ0v) is 67.9. The second kappa shape index (κ2) is 82.7. The van der Waals surface area contributed by atoms with Gasteiger partial charge in [0.05, 0.1) is 23.7 Å². The molecule has 95 heavy (non-hydrogen) atoms. The molecule has 15 heteroatoms. The number of esters is 1. The summed E-state index contributed by atoms with van der Waals surface area (Å²) in [6.07, 6.45) is 66.7. The Bertz CT molecular complexity index is 1990. The predicted molar refractivity (Wildman–Crippen MR) is 388 cm³/mol. The number of ketones is 1. The van der Waals surface area contributed by atoms with Crippen LogP contribution in [0.5, 0.6) is 0 Å². The number of aliphatic carboxylic acids is 3. The first-order chi connectivity index (χ1) is 44.9. The van der Waals surface area contributed by atoms with E-state index in [2.05, 4.69) is 84.2 Å². The maximum atomic E-state index is 11.8. The van der Waals surface area contributed by atoms with Crippen molar-refractivity contribution in [2.24, 2.45) is 41.4 Å². The van der Waals surface area contributed by atoms with E-state index in [4.69, 9.17) is 9.84 Å². The number of ether oxygens (including phenoxy) is 1. The van der Waals surface area contributed by atoms with E-state index in [1.54, 1.807) is 6.29 Å². The first-order valence-electron chi connectivity index (χ1n) is 36.2. The molecule has 1 radical (unpaired) electrons. The standard InChI is InChI=1S/C27H47O5.C25H41O4.C24H37O3.C3H8.CH4O.Os.U/c1-4-7-8-9-12-15-18-23(25(21-22-28)27(30)31)19-16-13-10-11-14-17-20-26(29)32-24(5-2)6-3;1-4-5-13-16-22(23(19-20-26)25(28)29)17-14-11-9-7-6-8-10-12-15-18-24(27)21(2)3;1-4-6-7-8-9-10-11-12-13-14-15-16-17-18-19-22(5-2)23(24(26)27)20-21(3)25;1-3-2;1-2;;/h16,19,22-25H,2,4-15,17-18,20-21H2,1,3H3,(H,30,31);9,11,14,17,21-23H,4-8,10,12-13,15-16,18-19H2,1-3H3,(H,28,29);13-14,16-19,22-23,25H,1,3,5-12,15,20H2,2H3,(H,26,27);3H2,1-2H3;2H,1H3;;/q3*-1;;;+1;+2/b19-16+;11-9-,17-14+;14-13-,17-16-,19-18+;;;;.